The number of benzene rings is 2. The largest absolute Gasteiger partial charge is 0.321 e. The fourth-order valence-electron chi connectivity index (χ4n) is 5.50. The molecule has 0 radical (unpaired) electrons. The van der Waals surface area contributed by atoms with Crippen LogP contribution in [0, 0.1) is 6.92 Å². The number of carbonyl (C=O) groups is 1. The van der Waals surface area contributed by atoms with Gasteiger partial charge >= 0.3 is 6.03 Å². The van der Waals surface area contributed by atoms with Gasteiger partial charge in [0.25, 0.3) is 0 Å². The molecule has 2 aromatic carbocycles. The standard InChI is InChI=1S/C30H31ClN6OS/c1-3-21-17-23-25(22-14-7-8-15-24(22)31)33-26(34-30(38)32-20-13-9-10-18(2)16-20)28-36-35-27(37(28)29(23)39-21)19-11-5-4-6-12-19/h7-10,13-17,19,26H,3-6,11-12H2,1-2H3,(H2,32,34,38). The molecular weight excluding hydrogens is 528 g/mol. The van der Waals surface area contributed by atoms with Crippen LogP contribution in [0.15, 0.2) is 59.6 Å². The third-order valence-corrected chi connectivity index (χ3v) is 9.02. The SMILES string of the molecule is CCc1cc2c(s1)-n1c(C3CCCCC3)nnc1C(NC(=O)Nc1cccc(C)c1)N=C2c1ccccc1Cl. The number of nitrogens with zero attached hydrogens (tertiary/aromatic N) is 4. The highest BCUT2D eigenvalue weighted by molar-refractivity contribution is 7.15. The average molecular weight is 559 g/mol. The molecule has 2 N–H and O–H groups in total. The van der Waals surface area contributed by atoms with Crippen LogP contribution < -0.4 is 10.6 Å². The fourth-order valence-corrected chi connectivity index (χ4v) is 6.83. The minimum absolute atomic E-state index is 0.323. The van der Waals surface area contributed by atoms with Crippen molar-refractivity contribution in [2.75, 3.05) is 5.32 Å². The van der Waals surface area contributed by atoms with Crippen molar-refractivity contribution in [2.24, 2.45) is 4.99 Å². The summed E-state index contributed by atoms with van der Waals surface area (Å²) in [6.07, 6.45) is 5.96. The van der Waals surface area contributed by atoms with Crippen molar-refractivity contribution in [1.82, 2.24) is 20.1 Å². The first-order valence-corrected chi connectivity index (χ1v) is 14.8. The molecule has 1 saturated carbocycles. The van der Waals surface area contributed by atoms with Crippen LogP contribution in [0.2, 0.25) is 5.02 Å². The lowest BCUT2D eigenvalue weighted by Gasteiger charge is -2.22. The molecule has 7 nitrogen and oxygen atoms in total. The second kappa shape index (κ2) is 10.9. The highest BCUT2D eigenvalue weighted by atomic mass is 35.5. The maximum atomic E-state index is 13.3. The zero-order valence-electron chi connectivity index (χ0n) is 22.1. The van der Waals surface area contributed by atoms with Gasteiger partial charge < -0.3 is 10.6 Å². The predicted molar refractivity (Wildman–Crippen MR) is 158 cm³/mol. The number of urea groups is 1. The van der Waals surface area contributed by atoms with Gasteiger partial charge in [-0.15, -0.1) is 21.5 Å². The molecule has 1 fully saturated rings. The van der Waals surface area contributed by atoms with Gasteiger partial charge in [0, 0.05) is 32.6 Å². The van der Waals surface area contributed by atoms with E-state index >= 15 is 0 Å². The van der Waals surface area contributed by atoms with Crippen LogP contribution in [0.5, 0.6) is 0 Å². The molecule has 0 bridgehead atoms. The van der Waals surface area contributed by atoms with Crippen LogP contribution in [-0.2, 0) is 6.42 Å². The third-order valence-electron chi connectivity index (χ3n) is 7.43. The monoisotopic (exact) mass is 558 g/mol. The van der Waals surface area contributed by atoms with Crippen molar-refractivity contribution in [3.8, 4) is 5.00 Å². The summed E-state index contributed by atoms with van der Waals surface area (Å²) in [5.41, 5.74) is 4.34. The average Bonchev–Trinajstić information content (AvgIpc) is 3.54. The third kappa shape index (κ3) is 5.11. The van der Waals surface area contributed by atoms with Crippen LogP contribution in [0.4, 0.5) is 10.5 Å². The molecule has 1 atom stereocenters. The van der Waals surface area contributed by atoms with Gasteiger partial charge in [-0.05, 0) is 56.0 Å². The van der Waals surface area contributed by atoms with E-state index in [0.717, 1.165) is 52.5 Å². The van der Waals surface area contributed by atoms with Crippen LogP contribution in [0.25, 0.3) is 5.00 Å². The summed E-state index contributed by atoms with van der Waals surface area (Å²) < 4.78 is 2.17. The van der Waals surface area contributed by atoms with Crippen LogP contribution in [0.1, 0.15) is 84.3 Å². The fraction of sp³-hybridized carbons (Fsp3) is 0.333. The van der Waals surface area contributed by atoms with Crippen LogP contribution in [0.3, 0.4) is 0 Å². The lowest BCUT2D eigenvalue weighted by atomic mass is 9.88. The summed E-state index contributed by atoms with van der Waals surface area (Å²) in [4.78, 5) is 19.7. The number of halogens is 1. The number of fused-ring (bicyclic) bond motifs is 3. The number of aryl methyl sites for hydroxylation is 2. The molecule has 39 heavy (non-hydrogen) atoms. The Morgan fingerprint density at radius 2 is 1.82 bits per heavy atom. The Bertz CT molecular complexity index is 1550. The Morgan fingerprint density at radius 1 is 1.03 bits per heavy atom. The first-order chi connectivity index (χ1) is 19.0. The normalized spacial score (nSPS) is 17.1. The number of aromatic nitrogens is 3. The van der Waals surface area contributed by atoms with Gasteiger partial charge in [-0.1, -0.05) is 68.1 Å². The molecule has 2 aliphatic rings. The van der Waals surface area contributed by atoms with Gasteiger partial charge in [-0.25, -0.2) is 4.79 Å². The number of amides is 2. The van der Waals surface area contributed by atoms with E-state index in [4.69, 9.17) is 21.7 Å². The number of anilines is 1. The van der Waals surface area contributed by atoms with Gasteiger partial charge in [0.15, 0.2) is 12.0 Å². The van der Waals surface area contributed by atoms with E-state index in [9.17, 15) is 4.79 Å². The maximum absolute atomic E-state index is 13.3. The summed E-state index contributed by atoms with van der Waals surface area (Å²) in [6, 6.07) is 17.3. The van der Waals surface area contributed by atoms with Crippen molar-refractivity contribution in [3.05, 3.63) is 92.8 Å². The second-order valence-electron chi connectivity index (χ2n) is 10.2. The molecule has 1 aliphatic carbocycles. The number of hydrogen-bond acceptors (Lipinski definition) is 5. The summed E-state index contributed by atoms with van der Waals surface area (Å²) in [5, 5.41) is 17.1. The smallest absolute Gasteiger partial charge is 0.309 e. The second-order valence-corrected chi connectivity index (χ2v) is 11.7. The highest BCUT2D eigenvalue weighted by Gasteiger charge is 2.34. The summed E-state index contributed by atoms with van der Waals surface area (Å²) in [5.74, 6) is 1.89. The maximum Gasteiger partial charge on any atom is 0.321 e. The van der Waals surface area contributed by atoms with Crippen LogP contribution >= 0.6 is 22.9 Å². The van der Waals surface area contributed by atoms with Gasteiger partial charge in [0.2, 0.25) is 0 Å². The Morgan fingerprint density at radius 3 is 2.59 bits per heavy atom. The molecule has 6 rings (SSSR count). The van der Waals surface area contributed by atoms with Gasteiger partial charge in [-0.3, -0.25) is 9.56 Å². The number of carbonyl (C=O) groups excluding carboxylic acids is 1. The molecule has 2 aromatic heterocycles. The molecule has 0 saturated heterocycles. The number of aliphatic imine (C=N–C) groups is 1. The summed E-state index contributed by atoms with van der Waals surface area (Å²) in [7, 11) is 0. The zero-order chi connectivity index (χ0) is 26.9. The molecule has 9 heteroatoms. The van der Waals surface area contributed by atoms with E-state index in [-0.39, 0.29) is 6.03 Å². The van der Waals surface area contributed by atoms with Crippen molar-refractivity contribution in [2.45, 2.75) is 64.5 Å². The van der Waals surface area contributed by atoms with E-state index in [2.05, 4.69) is 33.3 Å². The van der Waals surface area contributed by atoms with Crippen molar-refractivity contribution in [1.29, 1.82) is 0 Å². The number of nitrogens with one attached hydrogen (secondary N) is 2. The summed E-state index contributed by atoms with van der Waals surface area (Å²) in [6.45, 7) is 4.15. The molecule has 0 spiro atoms. The molecular formula is C30H31ClN6OS. The van der Waals surface area contributed by atoms with Gasteiger partial charge in [-0.2, -0.15) is 0 Å². The predicted octanol–water partition coefficient (Wildman–Crippen LogP) is 7.57. The van der Waals surface area contributed by atoms with Gasteiger partial charge in [0.1, 0.15) is 10.8 Å². The Hall–Kier alpha value is -3.49. The quantitative estimate of drug-likeness (QED) is 0.265. The molecule has 1 unspecified atom stereocenters. The van der Waals surface area contributed by atoms with E-state index in [1.165, 1.54) is 24.1 Å². The number of hydrogen-bond donors (Lipinski definition) is 2. The summed E-state index contributed by atoms with van der Waals surface area (Å²) >= 11 is 8.45. The van der Waals surface area contributed by atoms with Crippen LogP contribution in [-0.4, -0.2) is 26.5 Å². The van der Waals surface area contributed by atoms with Crippen molar-refractivity contribution >= 4 is 40.4 Å². The Balaban J connectivity index is 1.48. The molecule has 200 valence electrons. The lowest BCUT2D eigenvalue weighted by molar-refractivity contribution is 0.248. The van der Waals surface area contributed by atoms with E-state index < -0.39 is 6.17 Å². The van der Waals surface area contributed by atoms with E-state index in [1.54, 1.807) is 11.3 Å². The first kappa shape index (κ1) is 25.8. The Labute approximate surface area is 237 Å². The minimum atomic E-state index is -0.754. The van der Waals surface area contributed by atoms with Gasteiger partial charge in [0.05, 0.1) is 5.71 Å². The first-order valence-electron chi connectivity index (χ1n) is 13.6. The number of thiophene rings is 1. The Kier molecular flexibility index (Phi) is 7.23. The highest BCUT2D eigenvalue weighted by Crippen LogP contribution is 2.40. The molecule has 4 aromatic rings. The van der Waals surface area contributed by atoms with E-state index in [0.29, 0.717) is 22.5 Å². The van der Waals surface area contributed by atoms with E-state index in [1.807, 2.05) is 55.5 Å². The number of rotatable bonds is 5. The minimum Gasteiger partial charge on any atom is -0.309 e. The van der Waals surface area contributed by atoms with Crippen molar-refractivity contribution < 1.29 is 4.79 Å². The topological polar surface area (TPSA) is 84.2 Å². The zero-order valence-corrected chi connectivity index (χ0v) is 23.6. The lowest BCUT2D eigenvalue weighted by Crippen LogP contribution is -2.33. The molecule has 1 aliphatic heterocycles. The van der Waals surface area contributed by atoms with Crippen molar-refractivity contribution in [3.63, 3.8) is 0 Å². The molecule has 3 heterocycles. The molecule has 2 amide bonds.